The first-order valence-electron chi connectivity index (χ1n) is 21.1. The number of carbonyl (C=O) groups is 5. The second-order valence-electron chi connectivity index (χ2n) is 15.2. The number of nitriles is 1. The van der Waals surface area contributed by atoms with Crippen LogP contribution >= 0.6 is 0 Å². The predicted molar refractivity (Wildman–Crippen MR) is 231 cm³/mol. The molecule has 334 valence electrons. The van der Waals surface area contributed by atoms with Gasteiger partial charge < -0.3 is 34.3 Å². The Kier molecular flexibility index (Phi) is 13.8. The van der Waals surface area contributed by atoms with E-state index in [4.69, 9.17) is 34.5 Å². The second-order valence-corrected chi connectivity index (χ2v) is 15.2. The third-order valence-corrected chi connectivity index (χ3v) is 11.1. The van der Waals surface area contributed by atoms with Gasteiger partial charge in [-0.05, 0) is 73.9 Å². The Balaban J connectivity index is 0.758. The molecular formula is C46H45N9O10. The number of hydrogen-bond donors (Lipinski definition) is 2. The quantitative estimate of drug-likeness (QED) is 0.0547. The zero-order valence-corrected chi connectivity index (χ0v) is 35.2. The molecule has 5 heterocycles. The van der Waals surface area contributed by atoms with Gasteiger partial charge in [0.05, 0.1) is 62.2 Å². The van der Waals surface area contributed by atoms with Gasteiger partial charge in [0.25, 0.3) is 17.7 Å². The highest BCUT2D eigenvalue weighted by Gasteiger charge is 2.46. The molecule has 2 saturated heterocycles. The van der Waals surface area contributed by atoms with Crippen molar-refractivity contribution in [1.82, 2.24) is 34.9 Å². The summed E-state index contributed by atoms with van der Waals surface area (Å²) < 4.78 is 30.3. The number of aromatic nitrogens is 4. The largest absolute Gasteiger partial charge is 0.490 e. The molecule has 3 aliphatic heterocycles. The van der Waals surface area contributed by atoms with Crippen molar-refractivity contribution in [2.75, 3.05) is 65.1 Å². The van der Waals surface area contributed by atoms with Crippen LogP contribution in [0.1, 0.15) is 52.4 Å². The van der Waals surface area contributed by atoms with E-state index in [2.05, 4.69) is 15.3 Å². The molecule has 2 aromatic heterocycles. The van der Waals surface area contributed by atoms with E-state index in [0.29, 0.717) is 42.0 Å². The summed E-state index contributed by atoms with van der Waals surface area (Å²) in [5.41, 5.74) is 8.51. The van der Waals surface area contributed by atoms with Gasteiger partial charge in [-0.15, -0.1) is 0 Å². The van der Waals surface area contributed by atoms with Gasteiger partial charge in [-0.1, -0.05) is 24.3 Å². The summed E-state index contributed by atoms with van der Waals surface area (Å²) in [5.74, 6) is -0.935. The molecule has 8 rings (SSSR count). The summed E-state index contributed by atoms with van der Waals surface area (Å²) in [7, 11) is 0. The number of nitrogens with one attached hydrogen (secondary N) is 1. The number of piperidine rings is 2. The Hall–Kier alpha value is -7.53. The molecule has 0 bridgehead atoms. The molecule has 65 heavy (non-hydrogen) atoms. The molecule has 2 atom stereocenters. The number of amides is 5. The first-order chi connectivity index (χ1) is 31.7. The summed E-state index contributed by atoms with van der Waals surface area (Å²) >= 11 is 0. The third-order valence-electron chi connectivity index (χ3n) is 11.1. The van der Waals surface area contributed by atoms with E-state index in [0.717, 1.165) is 22.6 Å². The molecule has 19 heteroatoms. The first-order valence-corrected chi connectivity index (χ1v) is 21.1. The van der Waals surface area contributed by atoms with E-state index in [1.807, 2.05) is 60.7 Å². The molecule has 3 N–H and O–H groups in total. The molecule has 0 aliphatic carbocycles. The minimum absolute atomic E-state index is 0.0266. The van der Waals surface area contributed by atoms with Crippen molar-refractivity contribution in [2.45, 2.75) is 37.8 Å². The molecule has 0 saturated carbocycles. The number of hydrogen-bond acceptors (Lipinski definition) is 15. The standard InChI is InChI=1S/C46H45N9O10/c47-26-30(17-19-61-20-21-62-22-23-63-24-25-64-36-10-4-9-34-38(36)46(60)54(45(34)59)35-15-16-37(56)51-43(35)57)44(58)53-18-5-6-31(27-53)55-42-39(41(48)49-28-50-42)40(52-55)29-11-13-33(14-12-29)65-32-7-2-1-3-8-32/h1-4,7-14,17,28,31,35H,5-6,15-16,18-25,27H2,(H2,48,49,50)(H,51,56,57)/b30-17-/t31-,35?/m1/s1. The average Bonchev–Trinajstić information content (AvgIpc) is 3.84. The van der Waals surface area contributed by atoms with Gasteiger partial charge >= 0.3 is 0 Å². The average molecular weight is 884 g/mol. The summed E-state index contributed by atoms with van der Waals surface area (Å²) in [6, 6.07) is 22.4. The lowest BCUT2D eigenvalue weighted by Gasteiger charge is -2.32. The maximum atomic E-state index is 13.6. The van der Waals surface area contributed by atoms with Gasteiger partial charge in [0.1, 0.15) is 59.4 Å². The molecule has 2 fully saturated rings. The van der Waals surface area contributed by atoms with E-state index in [1.54, 1.807) is 21.7 Å². The van der Waals surface area contributed by atoms with Crippen molar-refractivity contribution >= 4 is 46.4 Å². The van der Waals surface area contributed by atoms with E-state index in [-0.39, 0.29) is 93.4 Å². The summed E-state index contributed by atoms with van der Waals surface area (Å²) in [5, 5.41) is 17.7. The molecular weight excluding hydrogens is 839 g/mol. The van der Waals surface area contributed by atoms with Gasteiger partial charge in [0.2, 0.25) is 11.8 Å². The lowest BCUT2D eigenvalue weighted by Crippen LogP contribution is -2.54. The SMILES string of the molecule is N#C/C(=C/COCCOCCOCCOc1cccc2c1C(=O)N(C1CCC(=O)NC1=O)C2=O)C(=O)N1CCC[C@@H](n2nc(-c3ccc(Oc4ccccc4)cc3)c3c(N)ncnc32)C1. The molecule has 5 amide bonds. The second kappa shape index (κ2) is 20.3. The zero-order valence-electron chi connectivity index (χ0n) is 35.2. The number of likely N-dealkylation sites (tertiary alicyclic amines) is 1. The minimum atomic E-state index is -1.07. The van der Waals surface area contributed by atoms with Crippen LogP contribution in [0.5, 0.6) is 17.2 Å². The number of imide groups is 2. The molecule has 0 spiro atoms. The molecule has 3 aromatic carbocycles. The minimum Gasteiger partial charge on any atom is -0.490 e. The predicted octanol–water partition coefficient (Wildman–Crippen LogP) is 4.01. The Labute approximate surface area is 372 Å². The fraction of sp³-hybridized carbons (Fsp3) is 0.326. The van der Waals surface area contributed by atoms with Crippen LogP contribution in [-0.2, 0) is 28.6 Å². The zero-order chi connectivity index (χ0) is 45.3. The maximum Gasteiger partial charge on any atom is 0.266 e. The van der Waals surface area contributed by atoms with Crippen LogP contribution in [0.2, 0.25) is 0 Å². The number of para-hydroxylation sites is 1. The molecule has 5 aromatic rings. The molecule has 3 aliphatic rings. The van der Waals surface area contributed by atoms with Crippen LogP contribution < -0.4 is 20.5 Å². The van der Waals surface area contributed by atoms with Crippen LogP contribution in [0.3, 0.4) is 0 Å². The monoisotopic (exact) mass is 883 g/mol. The van der Waals surface area contributed by atoms with E-state index in [9.17, 15) is 29.2 Å². The van der Waals surface area contributed by atoms with Gasteiger partial charge in [-0.3, -0.25) is 34.2 Å². The van der Waals surface area contributed by atoms with E-state index >= 15 is 0 Å². The van der Waals surface area contributed by atoms with Crippen LogP contribution in [0.15, 0.2) is 90.8 Å². The van der Waals surface area contributed by atoms with Crippen molar-refractivity contribution < 1.29 is 47.7 Å². The highest BCUT2D eigenvalue weighted by Crippen LogP contribution is 2.36. The highest BCUT2D eigenvalue weighted by atomic mass is 16.6. The number of nitrogens with zero attached hydrogens (tertiary/aromatic N) is 7. The van der Waals surface area contributed by atoms with Crippen LogP contribution in [-0.4, -0.2) is 124 Å². The first kappa shape index (κ1) is 44.1. The van der Waals surface area contributed by atoms with Crippen LogP contribution in [0.4, 0.5) is 5.82 Å². The summed E-state index contributed by atoms with van der Waals surface area (Å²) in [6.45, 7) is 2.02. The van der Waals surface area contributed by atoms with Crippen molar-refractivity contribution in [3.8, 4) is 34.6 Å². The Morgan fingerprint density at radius 1 is 0.862 bits per heavy atom. The Bertz CT molecular complexity index is 2660. The van der Waals surface area contributed by atoms with E-state index in [1.165, 1.54) is 18.5 Å². The molecule has 19 nitrogen and oxygen atoms in total. The van der Waals surface area contributed by atoms with Crippen LogP contribution in [0.25, 0.3) is 22.3 Å². The van der Waals surface area contributed by atoms with Gasteiger partial charge in [0.15, 0.2) is 5.65 Å². The fourth-order valence-electron chi connectivity index (χ4n) is 7.93. The normalized spacial score (nSPS) is 17.6. The number of fused-ring (bicyclic) bond motifs is 2. The van der Waals surface area contributed by atoms with Gasteiger partial charge in [0, 0.05) is 25.1 Å². The third kappa shape index (κ3) is 9.84. The lowest BCUT2D eigenvalue weighted by atomic mass is 10.0. The topological polar surface area (TPSA) is 243 Å². The molecule has 1 unspecified atom stereocenters. The number of carbonyl (C=O) groups excluding carboxylic acids is 5. The fourth-order valence-corrected chi connectivity index (χ4v) is 7.93. The smallest absolute Gasteiger partial charge is 0.266 e. The highest BCUT2D eigenvalue weighted by molar-refractivity contribution is 6.24. The number of nitrogen functional groups attached to an aromatic ring is 1. The number of nitrogens with two attached hydrogens (primary N) is 1. The van der Waals surface area contributed by atoms with Crippen molar-refractivity contribution in [1.29, 1.82) is 5.26 Å². The van der Waals surface area contributed by atoms with Crippen LogP contribution in [0, 0.1) is 11.3 Å². The number of ether oxygens (including phenoxy) is 5. The number of anilines is 1. The maximum absolute atomic E-state index is 13.6. The van der Waals surface area contributed by atoms with E-state index < -0.39 is 35.6 Å². The number of benzene rings is 3. The van der Waals surface area contributed by atoms with Crippen molar-refractivity contribution in [3.63, 3.8) is 0 Å². The van der Waals surface area contributed by atoms with Gasteiger partial charge in [-0.25, -0.2) is 14.6 Å². The summed E-state index contributed by atoms with van der Waals surface area (Å²) in [6.07, 6.45) is 4.37. The lowest BCUT2D eigenvalue weighted by molar-refractivity contribution is -0.136. The Morgan fingerprint density at radius 3 is 2.35 bits per heavy atom. The van der Waals surface area contributed by atoms with Crippen molar-refractivity contribution in [2.24, 2.45) is 0 Å². The Morgan fingerprint density at radius 2 is 1.60 bits per heavy atom. The summed E-state index contributed by atoms with van der Waals surface area (Å²) in [4.78, 5) is 75.1. The number of rotatable bonds is 18. The van der Waals surface area contributed by atoms with Gasteiger partial charge in [-0.2, -0.15) is 10.4 Å². The van der Waals surface area contributed by atoms with Crippen molar-refractivity contribution in [3.05, 3.63) is 102 Å². The molecule has 0 radical (unpaired) electrons.